The second kappa shape index (κ2) is 12.0. The number of carbonyl (C=O) groups is 2. The lowest BCUT2D eigenvalue weighted by Crippen LogP contribution is -2.36. The Balaban J connectivity index is 0.00000484. The van der Waals surface area contributed by atoms with Gasteiger partial charge < -0.3 is 21.1 Å². The van der Waals surface area contributed by atoms with Crippen molar-refractivity contribution in [3.63, 3.8) is 0 Å². The normalized spacial score (nSPS) is 11.1. The molecule has 0 heterocycles. The van der Waals surface area contributed by atoms with Crippen LogP contribution in [-0.4, -0.2) is 43.0 Å². The summed E-state index contributed by atoms with van der Waals surface area (Å²) in [6.07, 6.45) is 2.60. The van der Waals surface area contributed by atoms with Crippen LogP contribution in [0.15, 0.2) is 24.3 Å². The molecule has 0 radical (unpaired) electrons. The standard InChI is InChI=1S/C15H23N3O3S.ClH/c1-3-17-14(19)10-21-12-6-4-5-11(9-12)18-15(20)13(16)7-8-22-2;/h4-6,9,13H,3,7-8,10,16H2,1-2H3,(H,17,19)(H,18,20);1H. The predicted octanol–water partition coefficient (Wildman–Crippen LogP) is 1.64. The Morgan fingerprint density at radius 2 is 2.13 bits per heavy atom. The van der Waals surface area contributed by atoms with E-state index in [-0.39, 0.29) is 30.8 Å². The lowest BCUT2D eigenvalue weighted by atomic mass is 10.2. The van der Waals surface area contributed by atoms with Crippen molar-refractivity contribution in [3.8, 4) is 5.75 Å². The molecule has 2 amide bonds. The van der Waals surface area contributed by atoms with Crippen molar-refractivity contribution in [3.05, 3.63) is 24.3 Å². The number of halogens is 1. The SMILES string of the molecule is CCNC(=O)COc1cccc(NC(=O)C(N)CCSC)c1.Cl. The molecule has 0 aliphatic carbocycles. The number of likely N-dealkylation sites (N-methyl/N-ethyl adjacent to an activating group) is 1. The maximum atomic E-state index is 11.9. The van der Waals surface area contributed by atoms with Crippen molar-refractivity contribution in [1.82, 2.24) is 5.32 Å². The van der Waals surface area contributed by atoms with Crippen molar-refractivity contribution < 1.29 is 14.3 Å². The number of carbonyl (C=O) groups excluding carboxylic acids is 2. The molecule has 130 valence electrons. The van der Waals surface area contributed by atoms with E-state index in [1.807, 2.05) is 13.2 Å². The van der Waals surface area contributed by atoms with E-state index in [9.17, 15) is 9.59 Å². The molecule has 8 heteroatoms. The highest BCUT2D eigenvalue weighted by atomic mass is 35.5. The summed E-state index contributed by atoms with van der Waals surface area (Å²) in [6.45, 7) is 2.35. The molecule has 6 nitrogen and oxygen atoms in total. The number of hydrogen-bond acceptors (Lipinski definition) is 5. The second-order valence-electron chi connectivity index (χ2n) is 4.65. The van der Waals surface area contributed by atoms with E-state index in [4.69, 9.17) is 10.5 Å². The van der Waals surface area contributed by atoms with Crippen molar-refractivity contribution in [1.29, 1.82) is 0 Å². The lowest BCUT2D eigenvalue weighted by Gasteiger charge is -2.12. The number of amides is 2. The molecule has 0 aromatic heterocycles. The molecule has 0 fully saturated rings. The number of benzene rings is 1. The Bertz CT molecular complexity index is 503. The lowest BCUT2D eigenvalue weighted by molar-refractivity contribution is -0.123. The summed E-state index contributed by atoms with van der Waals surface area (Å²) in [5.74, 6) is 0.942. The van der Waals surface area contributed by atoms with Crippen LogP contribution < -0.4 is 21.1 Å². The molecular formula is C15H24ClN3O3S. The number of thioether (sulfide) groups is 1. The molecule has 4 N–H and O–H groups in total. The predicted molar refractivity (Wildman–Crippen MR) is 97.5 cm³/mol. The van der Waals surface area contributed by atoms with Crippen molar-refractivity contribution >= 4 is 41.7 Å². The number of nitrogens with two attached hydrogens (primary N) is 1. The number of anilines is 1. The Morgan fingerprint density at radius 3 is 2.78 bits per heavy atom. The average molecular weight is 362 g/mol. The molecule has 0 saturated carbocycles. The fraction of sp³-hybridized carbons (Fsp3) is 0.467. The van der Waals surface area contributed by atoms with Gasteiger partial charge in [0, 0.05) is 18.3 Å². The highest BCUT2D eigenvalue weighted by Crippen LogP contribution is 2.17. The van der Waals surface area contributed by atoms with E-state index in [0.717, 1.165) is 5.75 Å². The molecule has 1 aromatic carbocycles. The molecule has 0 saturated heterocycles. The Kier molecular flexibility index (Phi) is 11.3. The molecule has 1 rings (SSSR count). The minimum Gasteiger partial charge on any atom is -0.484 e. The maximum absolute atomic E-state index is 11.9. The highest BCUT2D eigenvalue weighted by molar-refractivity contribution is 7.98. The third kappa shape index (κ3) is 8.68. The van der Waals surface area contributed by atoms with Gasteiger partial charge in [-0.1, -0.05) is 6.07 Å². The topological polar surface area (TPSA) is 93.5 Å². The van der Waals surface area contributed by atoms with Gasteiger partial charge in [0.05, 0.1) is 6.04 Å². The van der Waals surface area contributed by atoms with Gasteiger partial charge in [0.25, 0.3) is 5.91 Å². The zero-order chi connectivity index (χ0) is 16.4. The van der Waals surface area contributed by atoms with Gasteiger partial charge in [0.15, 0.2) is 6.61 Å². The molecular weight excluding hydrogens is 338 g/mol. The number of nitrogens with one attached hydrogen (secondary N) is 2. The summed E-state index contributed by atoms with van der Waals surface area (Å²) in [5.41, 5.74) is 6.41. The minimum atomic E-state index is -0.535. The van der Waals surface area contributed by atoms with Crippen LogP contribution in [0.1, 0.15) is 13.3 Å². The van der Waals surface area contributed by atoms with E-state index in [1.54, 1.807) is 36.0 Å². The van der Waals surface area contributed by atoms with Crippen LogP contribution in [0.4, 0.5) is 5.69 Å². The van der Waals surface area contributed by atoms with E-state index >= 15 is 0 Å². The van der Waals surface area contributed by atoms with E-state index in [2.05, 4.69) is 10.6 Å². The van der Waals surface area contributed by atoms with Crippen molar-refractivity contribution in [2.24, 2.45) is 5.73 Å². The van der Waals surface area contributed by atoms with Crippen LogP contribution in [0.2, 0.25) is 0 Å². The Hall–Kier alpha value is -1.44. The number of rotatable bonds is 9. The maximum Gasteiger partial charge on any atom is 0.257 e. The van der Waals surface area contributed by atoms with Crippen LogP contribution in [0.25, 0.3) is 0 Å². The average Bonchev–Trinajstić information content (AvgIpc) is 2.51. The number of ether oxygens (including phenoxy) is 1. The second-order valence-corrected chi connectivity index (χ2v) is 5.63. The zero-order valence-corrected chi connectivity index (χ0v) is 15.0. The Labute approximate surface area is 147 Å². The quantitative estimate of drug-likeness (QED) is 0.621. The fourth-order valence-corrected chi connectivity index (χ4v) is 2.16. The van der Waals surface area contributed by atoms with Gasteiger partial charge in [-0.25, -0.2) is 0 Å². The van der Waals surface area contributed by atoms with Crippen LogP contribution in [0, 0.1) is 0 Å². The van der Waals surface area contributed by atoms with Crippen molar-refractivity contribution in [2.45, 2.75) is 19.4 Å². The van der Waals surface area contributed by atoms with Gasteiger partial charge in [-0.2, -0.15) is 11.8 Å². The summed E-state index contributed by atoms with van der Waals surface area (Å²) in [6, 6.07) is 6.35. The molecule has 1 unspecified atom stereocenters. The summed E-state index contributed by atoms with van der Waals surface area (Å²) >= 11 is 1.65. The molecule has 1 atom stereocenters. The van der Waals surface area contributed by atoms with Gasteiger partial charge in [0.1, 0.15) is 5.75 Å². The number of hydrogen-bond donors (Lipinski definition) is 3. The summed E-state index contributed by atoms with van der Waals surface area (Å²) in [5, 5.41) is 5.39. The monoisotopic (exact) mass is 361 g/mol. The zero-order valence-electron chi connectivity index (χ0n) is 13.3. The first-order valence-electron chi connectivity index (χ1n) is 7.11. The molecule has 0 aliphatic rings. The van der Waals surface area contributed by atoms with Crippen molar-refractivity contribution in [2.75, 3.05) is 30.5 Å². The van der Waals surface area contributed by atoms with Gasteiger partial charge in [-0.3, -0.25) is 9.59 Å². The molecule has 0 bridgehead atoms. The third-order valence-corrected chi connectivity index (χ3v) is 3.46. The summed E-state index contributed by atoms with van der Waals surface area (Å²) < 4.78 is 5.37. The van der Waals surface area contributed by atoms with Crippen LogP contribution in [-0.2, 0) is 9.59 Å². The van der Waals surface area contributed by atoms with Gasteiger partial charge in [-0.05, 0) is 37.5 Å². The van der Waals surface area contributed by atoms with E-state index < -0.39 is 6.04 Å². The van der Waals surface area contributed by atoms with Gasteiger partial charge >= 0.3 is 0 Å². The smallest absolute Gasteiger partial charge is 0.257 e. The first-order chi connectivity index (χ1) is 10.6. The van der Waals surface area contributed by atoms with Crippen LogP contribution >= 0.6 is 24.2 Å². The first kappa shape index (κ1) is 21.6. The summed E-state index contributed by atoms with van der Waals surface area (Å²) in [7, 11) is 0. The third-order valence-electron chi connectivity index (χ3n) is 2.82. The molecule has 23 heavy (non-hydrogen) atoms. The molecule has 0 aliphatic heterocycles. The first-order valence-corrected chi connectivity index (χ1v) is 8.51. The van der Waals surface area contributed by atoms with Gasteiger partial charge in [0.2, 0.25) is 5.91 Å². The highest BCUT2D eigenvalue weighted by Gasteiger charge is 2.13. The van der Waals surface area contributed by atoms with Crippen LogP contribution in [0.5, 0.6) is 5.75 Å². The van der Waals surface area contributed by atoms with E-state index in [0.29, 0.717) is 24.4 Å². The largest absolute Gasteiger partial charge is 0.484 e. The van der Waals surface area contributed by atoms with Gasteiger partial charge in [-0.15, -0.1) is 12.4 Å². The molecule has 0 spiro atoms. The van der Waals surface area contributed by atoms with Crippen LogP contribution in [0.3, 0.4) is 0 Å². The minimum absolute atomic E-state index is 0. The molecule has 1 aromatic rings. The fourth-order valence-electron chi connectivity index (χ4n) is 1.67. The van der Waals surface area contributed by atoms with E-state index in [1.165, 1.54) is 0 Å². The Morgan fingerprint density at radius 1 is 1.39 bits per heavy atom. The summed E-state index contributed by atoms with van der Waals surface area (Å²) in [4.78, 5) is 23.3.